The lowest BCUT2D eigenvalue weighted by molar-refractivity contribution is -0.117. The Balaban J connectivity index is 1.81. The lowest BCUT2D eigenvalue weighted by Crippen LogP contribution is -2.37. The van der Waals surface area contributed by atoms with Gasteiger partial charge in [-0.25, -0.2) is 4.98 Å². The fourth-order valence-electron chi connectivity index (χ4n) is 4.17. The van der Waals surface area contributed by atoms with Crippen molar-refractivity contribution in [3.63, 3.8) is 0 Å². The first-order chi connectivity index (χ1) is 13.9. The summed E-state index contributed by atoms with van der Waals surface area (Å²) in [5.41, 5.74) is 3.66. The van der Waals surface area contributed by atoms with Crippen molar-refractivity contribution in [2.75, 3.05) is 5.32 Å². The summed E-state index contributed by atoms with van der Waals surface area (Å²) < 4.78 is 0. The number of amides is 1. The average molecular weight is 408 g/mol. The lowest BCUT2D eigenvalue weighted by atomic mass is 9.73. The van der Waals surface area contributed by atoms with Crippen molar-refractivity contribution in [2.45, 2.75) is 32.6 Å². The number of pyridine rings is 1. The van der Waals surface area contributed by atoms with Crippen molar-refractivity contribution in [3.05, 3.63) is 81.8 Å². The monoisotopic (exact) mass is 407 g/mol. The molecule has 0 spiro atoms. The van der Waals surface area contributed by atoms with Crippen molar-refractivity contribution >= 4 is 29.1 Å². The second-order valence-electron chi connectivity index (χ2n) is 7.65. The van der Waals surface area contributed by atoms with E-state index in [2.05, 4.69) is 22.5 Å². The average Bonchev–Trinajstić information content (AvgIpc) is 2.67. The van der Waals surface area contributed by atoms with Gasteiger partial charge in [0, 0.05) is 46.1 Å². The number of hydrogen-bond acceptors (Lipinski definition) is 4. The molecule has 6 heteroatoms. The predicted molar refractivity (Wildman–Crippen MR) is 113 cm³/mol. The SMILES string of the molecule is CC1=C(C(=O)Nc2ccccn2)[C@@H](c2cccc(Cl)c2)C2=C(C[C@@H](C)CC2=O)N1. The number of anilines is 1. The zero-order valence-corrected chi connectivity index (χ0v) is 17.1. The number of Topliss-reactive ketones (excluding diaryl/α,β-unsaturated/α-hetero) is 1. The first-order valence-electron chi connectivity index (χ1n) is 9.66. The van der Waals surface area contributed by atoms with E-state index < -0.39 is 5.92 Å². The van der Waals surface area contributed by atoms with Gasteiger partial charge in [0.2, 0.25) is 0 Å². The zero-order valence-electron chi connectivity index (χ0n) is 16.3. The Bertz CT molecular complexity index is 1040. The van der Waals surface area contributed by atoms with Gasteiger partial charge in [-0.1, -0.05) is 36.7 Å². The summed E-state index contributed by atoms with van der Waals surface area (Å²) in [6.07, 6.45) is 2.88. The molecule has 1 aliphatic carbocycles. The summed E-state index contributed by atoms with van der Waals surface area (Å²) >= 11 is 6.25. The Morgan fingerprint density at radius 3 is 2.76 bits per heavy atom. The van der Waals surface area contributed by atoms with Crippen LogP contribution in [0.25, 0.3) is 0 Å². The lowest BCUT2D eigenvalue weighted by Gasteiger charge is -2.36. The van der Waals surface area contributed by atoms with Crippen LogP contribution in [0.2, 0.25) is 5.02 Å². The van der Waals surface area contributed by atoms with E-state index in [0.717, 1.165) is 23.4 Å². The topological polar surface area (TPSA) is 71.1 Å². The van der Waals surface area contributed by atoms with Gasteiger partial charge in [-0.3, -0.25) is 9.59 Å². The number of ketones is 1. The molecule has 1 aliphatic heterocycles. The van der Waals surface area contributed by atoms with Gasteiger partial charge in [-0.2, -0.15) is 0 Å². The zero-order chi connectivity index (χ0) is 20.5. The van der Waals surface area contributed by atoms with E-state index in [1.165, 1.54) is 0 Å². The standard InChI is InChI=1S/C23H22ClN3O2/c1-13-10-17-22(18(28)11-13)21(15-6-5-7-16(24)12-15)20(14(2)26-17)23(29)27-19-8-3-4-9-25-19/h3-9,12-13,21,26H,10-11H2,1-2H3,(H,25,27,29)/t13-,21-/m1/s1. The van der Waals surface area contributed by atoms with Gasteiger partial charge >= 0.3 is 0 Å². The molecule has 1 aromatic heterocycles. The number of carbonyl (C=O) groups excluding carboxylic acids is 2. The molecule has 29 heavy (non-hydrogen) atoms. The Morgan fingerprint density at radius 1 is 1.21 bits per heavy atom. The van der Waals surface area contributed by atoms with E-state index >= 15 is 0 Å². The summed E-state index contributed by atoms with van der Waals surface area (Å²) in [6.45, 7) is 3.94. The smallest absolute Gasteiger partial charge is 0.255 e. The van der Waals surface area contributed by atoms with E-state index in [0.29, 0.717) is 28.4 Å². The number of allylic oxidation sites excluding steroid dienone is 3. The van der Waals surface area contributed by atoms with E-state index in [1.54, 1.807) is 24.4 Å². The summed E-state index contributed by atoms with van der Waals surface area (Å²) in [4.78, 5) is 30.5. The quantitative estimate of drug-likeness (QED) is 0.780. The number of benzene rings is 1. The summed E-state index contributed by atoms with van der Waals surface area (Å²) in [7, 11) is 0. The highest BCUT2D eigenvalue weighted by molar-refractivity contribution is 6.30. The third kappa shape index (κ3) is 3.83. The number of halogens is 1. The second-order valence-corrected chi connectivity index (χ2v) is 8.09. The maximum atomic E-state index is 13.3. The van der Waals surface area contributed by atoms with Gasteiger partial charge in [-0.15, -0.1) is 0 Å². The van der Waals surface area contributed by atoms with Gasteiger partial charge in [0.15, 0.2) is 5.78 Å². The van der Waals surface area contributed by atoms with Crippen LogP contribution in [-0.2, 0) is 9.59 Å². The molecule has 0 radical (unpaired) electrons. The first-order valence-corrected chi connectivity index (χ1v) is 10.0. The molecule has 0 unspecified atom stereocenters. The largest absolute Gasteiger partial charge is 0.362 e. The number of rotatable bonds is 3. The molecule has 2 atom stereocenters. The van der Waals surface area contributed by atoms with Gasteiger partial charge in [0.1, 0.15) is 5.82 Å². The molecule has 1 aromatic carbocycles. The van der Waals surface area contributed by atoms with E-state index in [9.17, 15) is 9.59 Å². The molecule has 0 saturated heterocycles. The first kappa shape index (κ1) is 19.4. The molecule has 0 fully saturated rings. The summed E-state index contributed by atoms with van der Waals surface area (Å²) in [6, 6.07) is 12.7. The molecule has 2 N–H and O–H groups in total. The summed E-state index contributed by atoms with van der Waals surface area (Å²) in [5, 5.41) is 6.77. The molecule has 1 amide bonds. The Hall–Kier alpha value is -2.92. The maximum absolute atomic E-state index is 13.3. The number of carbonyl (C=O) groups is 2. The molecular formula is C23H22ClN3O2. The minimum atomic E-state index is -0.464. The Labute approximate surface area is 174 Å². The number of dihydropyridines is 1. The van der Waals surface area contributed by atoms with Crippen LogP contribution in [0.1, 0.15) is 38.2 Å². The van der Waals surface area contributed by atoms with Gasteiger partial charge in [0.05, 0.1) is 0 Å². The van der Waals surface area contributed by atoms with Crippen LogP contribution in [-0.4, -0.2) is 16.7 Å². The highest BCUT2D eigenvalue weighted by atomic mass is 35.5. The molecular weight excluding hydrogens is 386 g/mol. The molecule has 2 heterocycles. The number of hydrogen-bond donors (Lipinski definition) is 2. The molecule has 2 aromatic rings. The van der Waals surface area contributed by atoms with Crippen LogP contribution in [0.3, 0.4) is 0 Å². The van der Waals surface area contributed by atoms with E-state index in [4.69, 9.17) is 11.6 Å². The van der Waals surface area contributed by atoms with Crippen LogP contribution in [0.5, 0.6) is 0 Å². The Morgan fingerprint density at radius 2 is 2.03 bits per heavy atom. The normalized spacial score (nSPS) is 21.6. The van der Waals surface area contributed by atoms with Crippen LogP contribution >= 0.6 is 11.6 Å². The summed E-state index contributed by atoms with van der Waals surface area (Å²) in [5.74, 6) is 0.0636. The number of aromatic nitrogens is 1. The van der Waals surface area contributed by atoms with Crippen LogP contribution < -0.4 is 10.6 Å². The molecule has 148 valence electrons. The highest BCUT2D eigenvalue weighted by Crippen LogP contribution is 2.43. The molecule has 2 aliphatic rings. The molecule has 0 saturated carbocycles. The van der Waals surface area contributed by atoms with Crippen LogP contribution in [0, 0.1) is 5.92 Å². The van der Waals surface area contributed by atoms with Crippen LogP contribution in [0.4, 0.5) is 5.82 Å². The highest BCUT2D eigenvalue weighted by Gasteiger charge is 2.39. The van der Waals surface area contributed by atoms with E-state index in [-0.39, 0.29) is 17.6 Å². The maximum Gasteiger partial charge on any atom is 0.255 e. The third-order valence-electron chi connectivity index (χ3n) is 5.36. The molecule has 4 rings (SSSR count). The van der Waals surface area contributed by atoms with Gasteiger partial charge in [0.25, 0.3) is 5.91 Å². The fourth-order valence-corrected chi connectivity index (χ4v) is 4.37. The van der Waals surface area contributed by atoms with Gasteiger partial charge in [-0.05, 0) is 49.1 Å². The Kier molecular flexibility index (Phi) is 5.24. The fraction of sp³-hybridized carbons (Fsp3) is 0.261. The second kappa shape index (κ2) is 7.84. The predicted octanol–water partition coefficient (Wildman–Crippen LogP) is 4.59. The van der Waals surface area contributed by atoms with Crippen molar-refractivity contribution in [1.82, 2.24) is 10.3 Å². The number of nitrogens with zero attached hydrogens (tertiary/aromatic N) is 1. The minimum Gasteiger partial charge on any atom is -0.362 e. The van der Waals surface area contributed by atoms with Crippen LogP contribution in [0.15, 0.2) is 71.2 Å². The van der Waals surface area contributed by atoms with Crippen molar-refractivity contribution in [3.8, 4) is 0 Å². The molecule has 0 bridgehead atoms. The van der Waals surface area contributed by atoms with Gasteiger partial charge < -0.3 is 10.6 Å². The molecule has 5 nitrogen and oxygen atoms in total. The van der Waals surface area contributed by atoms with Crippen molar-refractivity contribution in [2.24, 2.45) is 5.92 Å². The number of nitrogens with one attached hydrogen (secondary N) is 2. The third-order valence-corrected chi connectivity index (χ3v) is 5.60. The van der Waals surface area contributed by atoms with Crippen molar-refractivity contribution < 1.29 is 9.59 Å². The van der Waals surface area contributed by atoms with E-state index in [1.807, 2.05) is 31.2 Å². The van der Waals surface area contributed by atoms with Crippen molar-refractivity contribution in [1.29, 1.82) is 0 Å². The minimum absolute atomic E-state index is 0.0758.